The molecule has 0 saturated carbocycles. The number of benzene rings is 1. The fraction of sp³-hybridized carbons (Fsp3) is 0.333. The molecule has 2 aromatic rings. The summed E-state index contributed by atoms with van der Waals surface area (Å²) in [7, 11) is -3.05. The van der Waals surface area contributed by atoms with Crippen LogP contribution in [0.4, 0.5) is 5.69 Å². The molecular weight excluding hydrogens is 372 g/mol. The Morgan fingerprint density at radius 3 is 2.50 bits per heavy atom. The molecule has 138 valence electrons. The predicted molar refractivity (Wildman–Crippen MR) is 102 cm³/mol. The molecule has 1 aliphatic rings. The van der Waals surface area contributed by atoms with E-state index in [9.17, 15) is 18.0 Å². The summed E-state index contributed by atoms with van der Waals surface area (Å²) in [6, 6.07) is 9.94. The van der Waals surface area contributed by atoms with E-state index in [0.29, 0.717) is 29.1 Å². The van der Waals surface area contributed by atoms with Crippen LogP contribution in [0, 0.1) is 0 Å². The molecule has 8 heteroatoms. The number of hydrogen-bond acceptors (Lipinski definition) is 5. The second-order valence-corrected chi connectivity index (χ2v) is 9.33. The SMILES string of the molecule is CCN(C(=O)c1ccc(NC(=O)c2cccs2)cc1)C1CCS(=O)(=O)C1. The summed E-state index contributed by atoms with van der Waals surface area (Å²) in [4.78, 5) is 27.0. The highest BCUT2D eigenvalue weighted by atomic mass is 32.2. The second kappa shape index (κ2) is 7.59. The van der Waals surface area contributed by atoms with E-state index in [-0.39, 0.29) is 29.4 Å². The number of sulfone groups is 1. The molecular formula is C18H20N2O4S2. The summed E-state index contributed by atoms with van der Waals surface area (Å²) in [5, 5.41) is 4.62. The number of nitrogens with one attached hydrogen (secondary N) is 1. The van der Waals surface area contributed by atoms with E-state index < -0.39 is 9.84 Å². The largest absolute Gasteiger partial charge is 0.335 e. The Hall–Kier alpha value is -2.19. The summed E-state index contributed by atoms with van der Waals surface area (Å²) in [6.07, 6.45) is 0.483. The van der Waals surface area contributed by atoms with Crippen LogP contribution < -0.4 is 5.32 Å². The zero-order chi connectivity index (χ0) is 18.7. The smallest absolute Gasteiger partial charge is 0.265 e. The van der Waals surface area contributed by atoms with Crippen LogP contribution in [0.25, 0.3) is 0 Å². The fourth-order valence-corrected chi connectivity index (χ4v) is 5.40. The number of carbonyl (C=O) groups excluding carboxylic acids is 2. The van der Waals surface area contributed by atoms with Crippen molar-refractivity contribution in [1.29, 1.82) is 0 Å². The van der Waals surface area contributed by atoms with Gasteiger partial charge in [0.1, 0.15) is 0 Å². The van der Waals surface area contributed by atoms with Gasteiger partial charge in [0.05, 0.1) is 16.4 Å². The van der Waals surface area contributed by atoms with E-state index in [4.69, 9.17) is 0 Å². The topological polar surface area (TPSA) is 83.6 Å². The van der Waals surface area contributed by atoms with Gasteiger partial charge >= 0.3 is 0 Å². The van der Waals surface area contributed by atoms with Gasteiger partial charge in [-0.2, -0.15) is 0 Å². The molecule has 1 N–H and O–H groups in total. The highest BCUT2D eigenvalue weighted by molar-refractivity contribution is 7.91. The average molecular weight is 393 g/mol. The summed E-state index contributed by atoms with van der Waals surface area (Å²) < 4.78 is 23.4. The maximum absolute atomic E-state index is 12.7. The van der Waals surface area contributed by atoms with E-state index in [1.807, 2.05) is 18.4 Å². The standard InChI is InChI=1S/C18H20N2O4S2/c1-2-20(15-9-11-26(23,24)12-15)18(22)13-5-7-14(8-6-13)19-17(21)16-4-3-10-25-16/h3-8,10,15H,2,9,11-12H2,1H3,(H,19,21). The van der Waals surface area contributed by atoms with Crippen molar-refractivity contribution in [2.24, 2.45) is 0 Å². The molecule has 1 fully saturated rings. The number of anilines is 1. The molecule has 3 rings (SSSR count). The predicted octanol–water partition coefficient (Wildman–Crippen LogP) is 2.65. The van der Waals surface area contributed by atoms with Crippen LogP contribution in [-0.4, -0.2) is 49.2 Å². The Morgan fingerprint density at radius 2 is 1.96 bits per heavy atom. The van der Waals surface area contributed by atoms with Gasteiger partial charge in [-0.3, -0.25) is 9.59 Å². The molecule has 1 atom stereocenters. The quantitative estimate of drug-likeness (QED) is 0.848. The van der Waals surface area contributed by atoms with Gasteiger partial charge in [-0.25, -0.2) is 8.42 Å². The highest BCUT2D eigenvalue weighted by Crippen LogP contribution is 2.21. The molecule has 0 spiro atoms. The van der Waals surface area contributed by atoms with Crippen molar-refractivity contribution in [3.63, 3.8) is 0 Å². The van der Waals surface area contributed by atoms with Gasteiger partial charge in [-0.05, 0) is 49.1 Å². The Balaban J connectivity index is 1.69. The van der Waals surface area contributed by atoms with Crippen LogP contribution >= 0.6 is 11.3 Å². The Kier molecular flexibility index (Phi) is 5.43. The number of carbonyl (C=O) groups is 2. The van der Waals surface area contributed by atoms with Gasteiger partial charge < -0.3 is 10.2 Å². The van der Waals surface area contributed by atoms with E-state index in [1.54, 1.807) is 35.2 Å². The van der Waals surface area contributed by atoms with Crippen LogP contribution in [-0.2, 0) is 9.84 Å². The molecule has 0 radical (unpaired) electrons. The minimum Gasteiger partial charge on any atom is -0.335 e. The lowest BCUT2D eigenvalue weighted by atomic mass is 10.1. The molecule has 1 saturated heterocycles. The van der Waals surface area contributed by atoms with Crippen molar-refractivity contribution < 1.29 is 18.0 Å². The molecule has 1 aliphatic heterocycles. The van der Waals surface area contributed by atoms with Gasteiger partial charge in [0, 0.05) is 23.8 Å². The minimum atomic E-state index is -3.05. The summed E-state index contributed by atoms with van der Waals surface area (Å²) in [5.74, 6) is -0.215. The van der Waals surface area contributed by atoms with Crippen molar-refractivity contribution in [2.75, 3.05) is 23.4 Å². The zero-order valence-electron chi connectivity index (χ0n) is 14.3. The molecule has 0 aliphatic carbocycles. The summed E-state index contributed by atoms with van der Waals surface area (Å²) in [6.45, 7) is 2.30. The third kappa shape index (κ3) is 4.13. The van der Waals surface area contributed by atoms with Gasteiger partial charge in [-0.15, -0.1) is 11.3 Å². The lowest BCUT2D eigenvalue weighted by Gasteiger charge is -2.27. The van der Waals surface area contributed by atoms with Gasteiger partial charge in [0.15, 0.2) is 9.84 Å². The second-order valence-electron chi connectivity index (χ2n) is 6.16. The van der Waals surface area contributed by atoms with Gasteiger partial charge in [0.25, 0.3) is 11.8 Å². The normalized spacial score (nSPS) is 18.4. The first-order chi connectivity index (χ1) is 12.4. The highest BCUT2D eigenvalue weighted by Gasteiger charge is 2.34. The number of rotatable bonds is 5. The Morgan fingerprint density at radius 1 is 1.23 bits per heavy atom. The van der Waals surface area contributed by atoms with Crippen LogP contribution in [0.15, 0.2) is 41.8 Å². The van der Waals surface area contributed by atoms with Gasteiger partial charge in [-0.1, -0.05) is 6.07 Å². The van der Waals surface area contributed by atoms with Crippen molar-refractivity contribution in [1.82, 2.24) is 4.90 Å². The minimum absolute atomic E-state index is 0.0293. The van der Waals surface area contributed by atoms with Crippen LogP contribution in [0.5, 0.6) is 0 Å². The van der Waals surface area contributed by atoms with E-state index in [0.717, 1.165) is 0 Å². The number of amides is 2. The molecule has 1 aromatic carbocycles. The van der Waals surface area contributed by atoms with Crippen molar-refractivity contribution in [3.05, 3.63) is 52.2 Å². The van der Waals surface area contributed by atoms with Gasteiger partial charge in [0.2, 0.25) is 0 Å². The third-order valence-corrected chi connectivity index (χ3v) is 7.00. The number of thiophene rings is 1. The first-order valence-corrected chi connectivity index (χ1v) is 11.1. The van der Waals surface area contributed by atoms with Crippen molar-refractivity contribution >= 4 is 38.7 Å². The van der Waals surface area contributed by atoms with E-state index in [1.165, 1.54) is 11.3 Å². The molecule has 26 heavy (non-hydrogen) atoms. The van der Waals surface area contributed by atoms with Crippen molar-refractivity contribution in [3.8, 4) is 0 Å². The molecule has 2 heterocycles. The maximum Gasteiger partial charge on any atom is 0.265 e. The van der Waals surface area contributed by atoms with Crippen LogP contribution in [0.2, 0.25) is 0 Å². The molecule has 1 unspecified atom stereocenters. The summed E-state index contributed by atoms with van der Waals surface area (Å²) in [5.41, 5.74) is 1.08. The Bertz CT molecular complexity index is 890. The molecule has 1 aromatic heterocycles. The zero-order valence-corrected chi connectivity index (χ0v) is 16.0. The molecule has 0 bridgehead atoms. The molecule has 6 nitrogen and oxygen atoms in total. The lowest BCUT2D eigenvalue weighted by Crippen LogP contribution is -2.40. The number of hydrogen-bond donors (Lipinski definition) is 1. The third-order valence-electron chi connectivity index (χ3n) is 4.39. The Labute approximate surface area is 156 Å². The first kappa shape index (κ1) is 18.6. The first-order valence-electron chi connectivity index (χ1n) is 8.36. The van der Waals surface area contributed by atoms with E-state index >= 15 is 0 Å². The summed E-state index contributed by atoms with van der Waals surface area (Å²) >= 11 is 1.36. The van der Waals surface area contributed by atoms with Crippen LogP contribution in [0.3, 0.4) is 0 Å². The molecule has 2 amide bonds. The van der Waals surface area contributed by atoms with Crippen molar-refractivity contribution in [2.45, 2.75) is 19.4 Å². The lowest BCUT2D eigenvalue weighted by molar-refractivity contribution is 0.0708. The van der Waals surface area contributed by atoms with Crippen LogP contribution in [0.1, 0.15) is 33.4 Å². The maximum atomic E-state index is 12.7. The fourth-order valence-electron chi connectivity index (χ4n) is 3.05. The number of nitrogens with zero attached hydrogens (tertiary/aromatic N) is 1. The van der Waals surface area contributed by atoms with E-state index in [2.05, 4.69) is 5.32 Å². The average Bonchev–Trinajstić information content (AvgIpc) is 3.26. The monoisotopic (exact) mass is 392 g/mol.